The highest BCUT2D eigenvalue weighted by Crippen LogP contribution is 2.33. The molecule has 102 valence electrons. The monoisotopic (exact) mass is 249 g/mol. The van der Waals surface area contributed by atoms with Crippen LogP contribution in [-0.4, -0.2) is 22.1 Å². The van der Waals surface area contributed by atoms with E-state index in [-0.39, 0.29) is 0 Å². The summed E-state index contributed by atoms with van der Waals surface area (Å²) in [6.45, 7) is 5.86. The van der Waals surface area contributed by atoms with Crippen molar-refractivity contribution in [3.05, 3.63) is 18.2 Å². The van der Waals surface area contributed by atoms with Gasteiger partial charge in [0, 0.05) is 38.4 Å². The Hall–Kier alpha value is -0.830. The fourth-order valence-corrected chi connectivity index (χ4v) is 2.89. The Morgan fingerprint density at radius 3 is 2.94 bits per heavy atom. The van der Waals surface area contributed by atoms with Crippen molar-refractivity contribution < 1.29 is 0 Å². The molecule has 0 saturated heterocycles. The van der Waals surface area contributed by atoms with E-state index < -0.39 is 0 Å². The Labute approximate surface area is 111 Å². The van der Waals surface area contributed by atoms with Gasteiger partial charge in [-0.1, -0.05) is 20.3 Å². The Morgan fingerprint density at radius 2 is 2.22 bits per heavy atom. The van der Waals surface area contributed by atoms with Crippen LogP contribution in [0.3, 0.4) is 0 Å². The van der Waals surface area contributed by atoms with E-state index in [9.17, 15) is 0 Å². The van der Waals surface area contributed by atoms with Crippen LogP contribution < -0.4 is 5.32 Å². The first-order valence-electron chi connectivity index (χ1n) is 7.26. The van der Waals surface area contributed by atoms with E-state index in [0.717, 1.165) is 13.0 Å². The number of hydrogen-bond donors (Lipinski definition) is 1. The van der Waals surface area contributed by atoms with Gasteiger partial charge in [-0.15, -0.1) is 0 Å². The summed E-state index contributed by atoms with van der Waals surface area (Å²) in [6.07, 6.45) is 11.7. The average molecular weight is 249 g/mol. The molecule has 1 atom stereocenters. The van der Waals surface area contributed by atoms with Gasteiger partial charge < -0.3 is 9.88 Å². The van der Waals surface area contributed by atoms with E-state index in [1.165, 1.54) is 37.9 Å². The van der Waals surface area contributed by atoms with Crippen LogP contribution in [0.4, 0.5) is 0 Å². The van der Waals surface area contributed by atoms with Crippen LogP contribution in [0.5, 0.6) is 0 Å². The van der Waals surface area contributed by atoms with Crippen LogP contribution in [0.1, 0.15) is 51.8 Å². The molecule has 1 saturated carbocycles. The van der Waals surface area contributed by atoms with Crippen molar-refractivity contribution in [1.82, 2.24) is 14.9 Å². The molecule has 0 aromatic carbocycles. The molecular formula is C15H27N3. The highest BCUT2D eigenvalue weighted by molar-refractivity contribution is 4.92. The van der Waals surface area contributed by atoms with E-state index >= 15 is 0 Å². The van der Waals surface area contributed by atoms with Crippen LogP contribution in [0.25, 0.3) is 0 Å². The Morgan fingerprint density at radius 1 is 1.39 bits per heavy atom. The van der Waals surface area contributed by atoms with E-state index in [0.29, 0.717) is 11.5 Å². The van der Waals surface area contributed by atoms with Gasteiger partial charge in [0.2, 0.25) is 0 Å². The molecule has 1 heterocycles. The molecule has 2 rings (SSSR count). The molecule has 0 radical (unpaired) electrons. The maximum atomic E-state index is 4.36. The topological polar surface area (TPSA) is 29.9 Å². The molecule has 1 aliphatic rings. The quantitative estimate of drug-likeness (QED) is 0.832. The lowest BCUT2D eigenvalue weighted by Crippen LogP contribution is -2.31. The van der Waals surface area contributed by atoms with Gasteiger partial charge in [0.1, 0.15) is 5.82 Å². The molecular weight excluding hydrogens is 222 g/mol. The molecule has 0 amide bonds. The van der Waals surface area contributed by atoms with Crippen molar-refractivity contribution in [3.63, 3.8) is 0 Å². The molecule has 1 N–H and O–H groups in total. The Balaban J connectivity index is 1.72. The third-order valence-corrected chi connectivity index (χ3v) is 4.28. The highest BCUT2D eigenvalue weighted by Gasteiger charge is 2.23. The summed E-state index contributed by atoms with van der Waals surface area (Å²) in [5.41, 5.74) is 0.552. The van der Waals surface area contributed by atoms with Crippen LogP contribution in [0, 0.1) is 5.41 Å². The molecule has 0 bridgehead atoms. The van der Waals surface area contributed by atoms with Crippen molar-refractivity contribution in [2.24, 2.45) is 12.5 Å². The van der Waals surface area contributed by atoms with Gasteiger partial charge in [-0.25, -0.2) is 4.98 Å². The first-order chi connectivity index (χ1) is 8.57. The van der Waals surface area contributed by atoms with Crippen molar-refractivity contribution in [2.45, 2.75) is 58.4 Å². The maximum absolute atomic E-state index is 4.36. The van der Waals surface area contributed by atoms with E-state index in [1.807, 2.05) is 12.4 Å². The van der Waals surface area contributed by atoms with Crippen LogP contribution in [-0.2, 0) is 13.5 Å². The number of hydrogen-bond acceptors (Lipinski definition) is 2. The maximum Gasteiger partial charge on any atom is 0.109 e. The van der Waals surface area contributed by atoms with E-state index in [2.05, 4.69) is 35.8 Å². The lowest BCUT2D eigenvalue weighted by Gasteiger charge is -2.22. The molecule has 0 spiro atoms. The zero-order chi connectivity index (χ0) is 13.0. The third-order valence-electron chi connectivity index (χ3n) is 4.28. The smallest absolute Gasteiger partial charge is 0.109 e. The molecule has 1 aliphatic carbocycles. The van der Waals surface area contributed by atoms with Gasteiger partial charge in [0.15, 0.2) is 0 Å². The van der Waals surface area contributed by atoms with Crippen molar-refractivity contribution >= 4 is 0 Å². The van der Waals surface area contributed by atoms with Gasteiger partial charge in [0.25, 0.3) is 0 Å². The summed E-state index contributed by atoms with van der Waals surface area (Å²) in [7, 11) is 2.07. The fraction of sp³-hybridized carbons (Fsp3) is 0.800. The number of aryl methyl sites for hydroxylation is 1. The molecule has 3 nitrogen and oxygen atoms in total. The third kappa shape index (κ3) is 3.84. The van der Waals surface area contributed by atoms with Crippen LogP contribution >= 0.6 is 0 Å². The van der Waals surface area contributed by atoms with Crippen LogP contribution in [0.15, 0.2) is 12.4 Å². The predicted octanol–water partition coefficient (Wildman–Crippen LogP) is 2.91. The number of nitrogens with zero attached hydrogens (tertiary/aromatic N) is 2. The largest absolute Gasteiger partial charge is 0.338 e. The lowest BCUT2D eigenvalue weighted by atomic mass is 9.85. The molecule has 1 aromatic heterocycles. The zero-order valence-electron chi connectivity index (χ0n) is 12.1. The van der Waals surface area contributed by atoms with Gasteiger partial charge >= 0.3 is 0 Å². The number of rotatable bonds is 4. The summed E-state index contributed by atoms with van der Waals surface area (Å²) >= 11 is 0. The lowest BCUT2D eigenvalue weighted by molar-refractivity contribution is 0.310. The SMILES string of the molecule is Cn1ccnc1CCNC1CCCC(C)(C)CC1. The minimum absolute atomic E-state index is 0.552. The second kappa shape index (κ2) is 5.87. The van der Waals surface area contributed by atoms with Crippen molar-refractivity contribution in [2.75, 3.05) is 6.54 Å². The van der Waals surface area contributed by atoms with Gasteiger partial charge in [-0.2, -0.15) is 0 Å². The molecule has 1 unspecified atom stereocenters. The summed E-state index contributed by atoms with van der Waals surface area (Å²) in [5, 5.41) is 3.71. The standard InChI is InChI=1S/C15H27N3/c1-15(2)8-4-5-13(6-9-15)16-10-7-14-17-11-12-18(14)3/h11-13,16H,4-10H2,1-3H3. The summed E-state index contributed by atoms with van der Waals surface area (Å²) in [5.74, 6) is 1.18. The highest BCUT2D eigenvalue weighted by atomic mass is 15.0. The molecule has 1 aromatic rings. The predicted molar refractivity (Wildman–Crippen MR) is 75.6 cm³/mol. The number of nitrogens with one attached hydrogen (secondary N) is 1. The van der Waals surface area contributed by atoms with Crippen LogP contribution in [0.2, 0.25) is 0 Å². The minimum Gasteiger partial charge on any atom is -0.338 e. The average Bonchev–Trinajstić information content (AvgIpc) is 2.62. The minimum atomic E-state index is 0.552. The summed E-state index contributed by atoms with van der Waals surface area (Å²) in [4.78, 5) is 4.36. The Bertz CT molecular complexity index is 368. The number of aromatic nitrogens is 2. The molecule has 0 aliphatic heterocycles. The Kier molecular flexibility index (Phi) is 4.44. The first-order valence-corrected chi connectivity index (χ1v) is 7.26. The summed E-state index contributed by atoms with van der Waals surface area (Å²) < 4.78 is 2.11. The van der Waals surface area contributed by atoms with Crippen molar-refractivity contribution in [1.29, 1.82) is 0 Å². The second-order valence-electron chi connectivity index (χ2n) is 6.45. The fourth-order valence-electron chi connectivity index (χ4n) is 2.89. The van der Waals surface area contributed by atoms with Gasteiger partial charge in [0.05, 0.1) is 0 Å². The van der Waals surface area contributed by atoms with Gasteiger partial charge in [-0.3, -0.25) is 0 Å². The van der Waals surface area contributed by atoms with Gasteiger partial charge in [-0.05, 0) is 31.1 Å². The van der Waals surface area contributed by atoms with Crippen molar-refractivity contribution in [3.8, 4) is 0 Å². The summed E-state index contributed by atoms with van der Waals surface area (Å²) in [6, 6.07) is 0.715. The van der Waals surface area contributed by atoms with E-state index in [1.54, 1.807) is 0 Å². The normalized spacial score (nSPS) is 23.8. The second-order valence-corrected chi connectivity index (χ2v) is 6.45. The molecule has 18 heavy (non-hydrogen) atoms. The molecule has 1 fully saturated rings. The number of imidazole rings is 1. The first kappa shape index (κ1) is 13.6. The van der Waals surface area contributed by atoms with E-state index in [4.69, 9.17) is 0 Å². The molecule has 3 heteroatoms. The zero-order valence-corrected chi connectivity index (χ0v) is 12.1.